The van der Waals surface area contributed by atoms with Crippen molar-refractivity contribution in [2.24, 2.45) is 11.5 Å². The summed E-state index contributed by atoms with van der Waals surface area (Å²) in [6.45, 7) is -0.542. The van der Waals surface area contributed by atoms with Crippen molar-refractivity contribution < 1.29 is 43.4 Å². The lowest BCUT2D eigenvalue weighted by molar-refractivity contribution is -0.134. The number of hydrogen-bond donors (Lipinski definition) is 6. The Labute approximate surface area is 229 Å². The van der Waals surface area contributed by atoms with E-state index in [1.807, 2.05) is 0 Å². The SMILES string of the molecule is COc1ccc(I)cc1N1CCC(=O)N(CNC(=O)C(CC(N)=O)NC(=O)C(CC(N)=O)NC(=O)O)C1=O. The van der Waals surface area contributed by atoms with Gasteiger partial charge < -0.3 is 37.3 Å². The number of urea groups is 1. The maximum atomic E-state index is 13.1. The maximum absolute atomic E-state index is 13.1. The predicted octanol–water partition coefficient (Wildman–Crippen LogP) is -1.60. The molecule has 0 radical (unpaired) electrons. The van der Waals surface area contributed by atoms with Gasteiger partial charge in [0.25, 0.3) is 0 Å². The number of carbonyl (C=O) groups is 7. The van der Waals surface area contributed by atoms with Gasteiger partial charge in [-0.25, -0.2) is 14.5 Å². The van der Waals surface area contributed by atoms with Gasteiger partial charge in [0.2, 0.25) is 29.5 Å². The van der Waals surface area contributed by atoms with Crippen molar-refractivity contribution in [3.63, 3.8) is 0 Å². The standard InChI is InChI=1S/C21H26IN7O9/c1-38-14-3-2-10(22)6-13(14)28-5-4-17(32)29(21(28)37)9-25-18(33)11(7-15(23)30)26-19(34)12(8-16(24)31)27-20(35)36/h2-3,6,11-12,27H,4-5,7-9H2,1H3,(H2,23,30)(H2,24,31)(H,25,33)(H,26,34)(H,35,36). The van der Waals surface area contributed by atoms with Gasteiger partial charge in [0.05, 0.1) is 25.6 Å². The van der Waals surface area contributed by atoms with Crippen LogP contribution < -0.4 is 37.1 Å². The van der Waals surface area contributed by atoms with Gasteiger partial charge >= 0.3 is 12.1 Å². The number of nitrogens with one attached hydrogen (secondary N) is 3. The summed E-state index contributed by atoms with van der Waals surface area (Å²) >= 11 is 2.05. The lowest BCUT2D eigenvalue weighted by atomic mass is 10.1. The van der Waals surface area contributed by atoms with Crippen LogP contribution >= 0.6 is 22.6 Å². The van der Waals surface area contributed by atoms with E-state index in [4.69, 9.17) is 21.3 Å². The number of halogens is 1. The van der Waals surface area contributed by atoms with E-state index >= 15 is 0 Å². The molecule has 1 aliphatic rings. The van der Waals surface area contributed by atoms with E-state index in [0.717, 1.165) is 8.47 Å². The highest BCUT2D eigenvalue weighted by molar-refractivity contribution is 14.1. The van der Waals surface area contributed by atoms with Gasteiger partial charge in [-0.15, -0.1) is 0 Å². The van der Waals surface area contributed by atoms with Gasteiger partial charge in [0.15, 0.2) is 0 Å². The summed E-state index contributed by atoms with van der Waals surface area (Å²) in [5.74, 6) is -4.33. The highest BCUT2D eigenvalue weighted by atomic mass is 127. The number of methoxy groups -OCH3 is 1. The number of amides is 8. The molecule has 1 aliphatic heterocycles. The Kier molecular flexibility index (Phi) is 10.6. The van der Waals surface area contributed by atoms with Gasteiger partial charge in [-0.3, -0.25) is 28.9 Å². The van der Waals surface area contributed by atoms with Crippen LogP contribution in [0, 0.1) is 3.57 Å². The zero-order valence-electron chi connectivity index (χ0n) is 20.1. The second kappa shape index (κ2) is 13.4. The van der Waals surface area contributed by atoms with Crippen molar-refractivity contribution in [3.05, 3.63) is 21.8 Å². The lowest BCUT2D eigenvalue weighted by Gasteiger charge is -2.35. The van der Waals surface area contributed by atoms with Gasteiger partial charge in [0.1, 0.15) is 24.5 Å². The number of rotatable bonds is 12. The molecule has 1 saturated heterocycles. The van der Waals surface area contributed by atoms with Crippen LogP contribution in [0.5, 0.6) is 5.75 Å². The van der Waals surface area contributed by atoms with Crippen molar-refractivity contribution in [3.8, 4) is 5.75 Å². The fourth-order valence-electron chi connectivity index (χ4n) is 3.47. The molecule has 38 heavy (non-hydrogen) atoms. The topological polar surface area (TPSA) is 244 Å². The molecule has 17 heteroatoms. The van der Waals surface area contributed by atoms with Crippen LogP contribution in [0.25, 0.3) is 0 Å². The van der Waals surface area contributed by atoms with Crippen LogP contribution in [0.1, 0.15) is 19.3 Å². The average Bonchev–Trinajstić information content (AvgIpc) is 2.82. The van der Waals surface area contributed by atoms with E-state index in [-0.39, 0.29) is 13.0 Å². The average molecular weight is 647 g/mol. The zero-order valence-corrected chi connectivity index (χ0v) is 22.2. The molecule has 1 aromatic rings. The number of imide groups is 1. The number of ether oxygens (including phenoxy) is 1. The number of carbonyl (C=O) groups excluding carboxylic acids is 6. The van der Waals surface area contributed by atoms with Crippen molar-refractivity contribution in [1.82, 2.24) is 20.9 Å². The van der Waals surface area contributed by atoms with Crippen LogP contribution in [-0.2, 0) is 24.0 Å². The number of nitrogens with two attached hydrogens (primary N) is 2. The number of benzene rings is 1. The first-order valence-electron chi connectivity index (χ1n) is 10.9. The lowest BCUT2D eigenvalue weighted by Crippen LogP contribution is -2.59. The number of carboxylic acid groups (broad SMARTS) is 1. The highest BCUT2D eigenvalue weighted by Crippen LogP contribution is 2.32. The zero-order chi connectivity index (χ0) is 28.6. The largest absolute Gasteiger partial charge is 0.495 e. The van der Waals surface area contributed by atoms with Gasteiger partial charge in [-0.2, -0.15) is 0 Å². The van der Waals surface area contributed by atoms with Gasteiger partial charge in [0, 0.05) is 16.5 Å². The number of primary amides is 2. The minimum atomic E-state index is -1.66. The molecule has 1 fully saturated rings. The molecular weight excluding hydrogens is 621 g/mol. The minimum absolute atomic E-state index is 0.0622. The summed E-state index contributed by atoms with van der Waals surface area (Å²) in [7, 11) is 1.43. The summed E-state index contributed by atoms with van der Waals surface area (Å²) < 4.78 is 6.12. The van der Waals surface area contributed by atoms with Crippen molar-refractivity contribution >= 4 is 69.9 Å². The molecule has 0 spiro atoms. The summed E-state index contributed by atoms with van der Waals surface area (Å²) in [6, 6.07) is 1.10. The van der Waals surface area contributed by atoms with Crippen molar-refractivity contribution in [1.29, 1.82) is 0 Å². The second-order valence-corrected chi connectivity index (χ2v) is 9.17. The monoisotopic (exact) mass is 647 g/mol. The van der Waals surface area contributed by atoms with Crippen LogP contribution in [0.2, 0.25) is 0 Å². The molecule has 2 unspecified atom stereocenters. The highest BCUT2D eigenvalue weighted by Gasteiger charge is 2.35. The molecule has 206 valence electrons. The Bertz CT molecular complexity index is 1130. The molecule has 0 aromatic heterocycles. The number of anilines is 1. The minimum Gasteiger partial charge on any atom is -0.495 e. The van der Waals surface area contributed by atoms with E-state index in [2.05, 4.69) is 33.2 Å². The summed E-state index contributed by atoms with van der Waals surface area (Å²) in [4.78, 5) is 86.6. The first kappa shape index (κ1) is 30.1. The van der Waals surface area contributed by atoms with E-state index in [0.29, 0.717) is 11.4 Å². The molecule has 1 heterocycles. The molecule has 1 aromatic carbocycles. The van der Waals surface area contributed by atoms with Gasteiger partial charge in [-0.05, 0) is 40.8 Å². The third-order valence-electron chi connectivity index (χ3n) is 5.21. The van der Waals surface area contributed by atoms with Gasteiger partial charge in [-0.1, -0.05) is 0 Å². The first-order valence-corrected chi connectivity index (χ1v) is 12.0. The molecule has 2 rings (SSSR count). The fraction of sp³-hybridized carbons (Fsp3) is 0.381. The molecular formula is C21H26IN7O9. The van der Waals surface area contributed by atoms with Crippen LogP contribution in [0.15, 0.2) is 18.2 Å². The van der Waals surface area contributed by atoms with Crippen LogP contribution in [0.3, 0.4) is 0 Å². The smallest absolute Gasteiger partial charge is 0.405 e. The van der Waals surface area contributed by atoms with E-state index in [9.17, 15) is 33.6 Å². The van der Waals surface area contributed by atoms with E-state index in [1.54, 1.807) is 23.5 Å². The number of nitrogens with zero attached hydrogens (tertiary/aromatic N) is 2. The van der Waals surface area contributed by atoms with E-state index < -0.39 is 73.3 Å². The Morgan fingerprint density at radius 1 is 1.05 bits per heavy atom. The van der Waals surface area contributed by atoms with Crippen LogP contribution in [-0.4, -0.2) is 84.1 Å². The third kappa shape index (κ3) is 8.18. The molecule has 0 bridgehead atoms. The summed E-state index contributed by atoms with van der Waals surface area (Å²) in [5.41, 5.74) is 10.6. The Hall–Kier alpha value is -4.16. The van der Waals surface area contributed by atoms with Crippen molar-refractivity contribution in [2.75, 3.05) is 25.2 Å². The molecule has 16 nitrogen and oxygen atoms in total. The Balaban J connectivity index is 2.16. The molecule has 0 saturated carbocycles. The Morgan fingerprint density at radius 2 is 1.66 bits per heavy atom. The Morgan fingerprint density at radius 3 is 2.21 bits per heavy atom. The second-order valence-electron chi connectivity index (χ2n) is 7.93. The molecule has 0 aliphatic carbocycles. The van der Waals surface area contributed by atoms with E-state index in [1.165, 1.54) is 12.0 Å². The third-order valence-corrected chi connectivity index (χ3v) is 5.88. The quantitative estimate of drug-likeness (QED) is 0.143. The summed E-state index contributed by atoms with van der Waals surface area (Å²) in [6.07, 6.45) is -3.13. The first-order chi connectivity index (χ1) is 17.8. The molecule has 8 N–H and O–H groups in total. The fourth-order valence-corrected chi connectivity index (χ4v) is 3.94. The molecule has 8 amide bonds. The molecule has 2 atom stereocenters. The van der Waals surface area contributed by atoms with Crippen molar-refractivity contribution in [2.45, 2.75) is 31.3 Å². The summed E-state index contributed by atoms with van der Waals surface area (Å²) in [5, 5.41) is 15.1. The van der Waals surface area contributed by atoms with Crippen LogP contribution in [0.4, 0.5) is 15.3 Å². The normalized spacial score (nSPS) is 14.8. The predicted molar refractivity (Wildman–Crippen MR) is 137 cm³/mol. The maximum Gasteiger partial charge on any atom is 0.405 e. The number of hydrogen-bond acceptors (Lipinski definition) is 8.